The van der Waals surface area contributed by atoms with Crippen molar-refractivity contribution >= 4 is 5.91 Å². The molecule has 1 atom stereocenters. The Labute approximate surface area is 104 Å². The molecule has 1 aromatic rings. The van der Waals surface area contributed by atoms with Crippen molar-refractivity contribution in [2.45, 2.75) is 39.2 Å². The van der Waals surface area contributed by atoms with Crippen LogP contribution < -0.4 is 0 Å². The minimum atomic E-state index is 0.0208. The van der Waals surface area contributed by atoms with E-state index in [1.165, 1.54) is 0 Å². The Hall–Kier alpha value is -1.31. The number of benzene rings is 1. The van der Waals surface area contributed by atoms with E-state index in [4.69, 9.17) is 0 Å². The van der Waals surface area contributed by atoms with E-state index in [0.717, 1.165) is 24.9 Å². The number of amides is 1. The lowest BCUT2D eigenvalue weighted by Crippen LogP contribution is -2.48. The molecule has 1 aromatic carbocycles. The molecule has 92 valence electrons. The van der Waals surface area contributed by atoms with Gasteiger partial charge >= 0.3 is 0 Å². The van der Waals surface area contributed by atoms with E-state index in [-0.39, 0.29) is 11.4 Å². The van der Waals surface area contributed by atoms with E-state index in [1.54, 1.807) is 0 Å². The number of nitrogens with zero attached hydrogens (tertiary/aromatic N) is 1. The summed E-state index contributed by atoms with van der Waals surface area (Å²) in [5, 5.41) is 0. The summed E-state index contributed by atoms with van der Waals surface area (Å²) in [6, 6.07) is 9.61. The van der Waals surface area contributed by atoms with Gasteiger partial charge < -0.3 is 4.90 Å². The lowest BCUT2D eigenvalue weighted by atomic mass is 9.85. The maximum atomic E-state index is 12.5. The Kier molecular flexibility index (Phi) is 3.23. The zero-order chi connectivity index (χ0) is 12.5. The van der Waals surface area contributed by atoms with Crippen LogP contribution in [0.25, 0.3) is 0 Å². The van der Waals surface area contributed by atoms with Crippen LogP contribution in [-0.2, 0) is 0 Å². The fraction of sp³-hybridized carbons (Fsp3) is 0.533. The molecule has 2 rings (SSSR count). The topological polar surface area (TPSA) is 20.3 Å². The van der Waals surface area contributed by atoms with E-state index >= 15 is 0 Å². The van der Waals surface area contributed by atoms with Gasteiger partial charge in [-0.25, -0.2) is 0 Å². The lowest BCUT2D eigenvalue weighted by Gasteiger charge is -2.39. The lowest BCUT2D eigenvalue weighted by molar-refractivity contribution is 0.0529. The minimum absolute atomic E-state index is 0.0208. The second-order valence-electron chi connectivity index (χ2n) is 5.44. The quantitative estimate of drug-likeness (QED) is 0.764. The third-order valence-electron chi connectivity index (χ3n) is 4.19. The van der Waals surface area contributed by atoms with E-state index in [9.17, 15) is 4.79 Å². The summed E-state index contributed by atoms with van der Waals surface area (Å²) >= 11 is 0. The second-order valence-corrected chi connectivity index (χ2v) is 5.44. The van der Waals surface area contributed by atoms with Crippen molar-refractivity contribution in [1.82, 2.24) is 4.90 Å². The normalized spacial score (nSPS) is 24.4. The van der Waals surface area contributed by atoms with Crippen LogP contribution in [-0.4, -0.2) is 22.9 Å². The monoisotopic (exact) mass is 231 g/mol. The number of carbonyl (C=O) groups excluding carboxylic acids is 1. The van der Waals surface area contributed by atoms with Crippen LogP contribution in [0.15, 0.2) is 30.3 Å². The summed E-state index contributed by atoms with van der Waals surface area (Å²) in [7, 11) is 0. The van der Waals surface area contributed by atoms with Crippen LogP contribution in [0.4, 0.5) is 0 Å². The van der Waals surface area contributed by atoms with Crippen molar-refractivity contribution in [3.63, 3.8) is 0 Å². The first-order chi connectivity index (χ1) is 8.05. The van der Waals surface area contributed by atoms with E-state index in [2.05, 4.69) is 25.7 Å². The van der Waals surface area contributed by atoms with Crippen LogP contribution in [0.3, 0.4) is 0 Å². The molecule has 0 aliphatic carbocycles. The van der Waals surface area contributed by atoms with Crippen molar-refractivity contribution in [2.75, 3.05) is 6.54 Å². The molecule has 2 heteroatoms. The fourth-order valence-electron chi connectivity index (χ4n) is 2.66. The number of likely N-dealkylation sites (tertiary alicyclic amines) is 1. The molecule has 1 heterocycles. The Morgan fingerprint density at radius 2 is 1.94 bits per heavy atom. The smallest absolute Gasteiger partial charge is 0.254 e. The first kappa shape index (κ1) is 12.2. The van der Waals surface area contributed by atoms with Crippen LogP contribution in [0.2, 0.25) is 0 Å². The maximum absolute atomic E-state index is 12.5. The molecule has 0 radical (unpaired) electrons. The van der Waals surface area contributed by atoms with Gasteiger partial charge in [0, 0.05) is 17.6 Å². The maximum Gasteiger partial charge on any atom is 0.254 e. The Morgan fingerprint density at radius 1 is 1.29 bits per heavy atom. The standard InChI is InChI=1S/C15H21NO/c1-12(2)15(3)10-7-11-16(15)14(17)13-8-5-4-6-9-13/h4-6,8-9,12H,7,10-11H2,1-3H3. The van der Waals surface area contributed by atoms with E-state index in [0.29, 0.717) is 5.92 Å². The van der Waals surface area contributed by atoms with Crippen LogP contribution in [0, 0.1) is 5.92 Å². The molecule has 1 fully saturated rings. The molecule has 17 heavy (non-hydrogen) atoms. The molecule has 0 saturated carbocycles. The van der Waals surface area contributed by atoms with Crippen LogP contribution in [0.5, 0.6) is 0 Å². The summed E-state index contributed by atoms with van der Waals surface area (Å²) in [4.78, 5) is 14.6. The first-order valence-electron chi connectivity index (χ1n) is 6.43. The highest BCUT2D eigenvalue weighted by molar-refractivity contribution is 5.94. The third-order valence-corrected chi connectivity index (χ3v) is 4.19. The summed E-state index contributed by atoms with van der Waals surface area (Å²) in [5.41, 5.74) is 0.827. The Bertz CT molecular complexity index is 399. The average molecular weight is 231 g/mol. The fourth-order valence-corrected chi connectivity index (χ4v) is 2.66. The van der Waals surface area contributed by atoms with E-state index in [1.807, 2.05) is 30.3 Å². The van der Waals surface area contributed by atoms with Crippen LogP contribution >= 0.6 is 0 Å². The minimum Gasteiger partial charge on any atom is -0.333 e. The van der Waals surface area contributed by atoms with Gasteiger partial charge in [-0.05, 0) is 37.8 Å². The van der Waals surface area contributed by atoms with Crippen molar-refractivity contribution < 1.29 is 4.79 Å². The summed E-state index contributed by atoms with van der Waals surface area (Å²) in [6.45, 7) is 7.51. The van der Waals surface area contributed by atoms with Gasteiger partial charge in [-0.2, -0.15) is 0 Å². The predicted molar refractivity (Wildman–Crippen MR) is 70.0 cm³/mol. The molecule has 0 aromatic heterocycles. The largest absolute Gasteiger partial charge is 0.333 e. The summed E-state index contributed by atoms with van der Waals surface area (Å²) < 4.78 is 0. The molecule has 1 aliphatic heterocycles. The van der Waals surface area contributed by atoms with Crippen molar-refractivity contribution in [2.24, 2.45) is 5.92 Å². The molecule has 2 nitrogen and oxygen atoms in total. The zero-order valence-corrected chi connectivity index (χ0v) is 10.9. The van der Waals surface area contributed by atoms with Crippen molar-refractivity contribution in [3.05, 3.63) is 35.9 Å². The number of hydrogen-bond donors (Lipinski definition) is 0. The molecule has 0 bridgehead atoms. The molecular formula is C15H21NO. The highest BCUT2D eigenvalue weighted by Crippen LogP contribution is 2.36. The highest BCUT2D eigenvalue weighted by Gasteiger charge is 2.41. The molecule has 1 amide bonds. The zero-order valence-electron chi connectivity index (χ0n) is 10.9. The third kappa shape index (κ3) is 2.08. The van der Waals surface area contributed by atoms with Gasteiger partial charge in [0.25, 0.3) is 5.91 Å². The first-order valence-corrected chi connectivity index (χ1v) is 6.43. The average Bonchev–Trinajstić information content (AvgIpc) is 2.73. The van der Waals surface area contributed by atoms with Gasteiger partial charge in [-0.1, -0.05) is 32.0 Å². The predicted octanol–water partition coefficient (Wildman–Crippen LogP) is 3.34. The SMILES string of the molecule is CC(C)C1(C)CCCN1C(=O)c1ccccc1. The number of carbonyl (C=O) groups is 1. The van der Waals surface area contributed by atoms with Crippen LogP contribution in [0.1, 0.15) is 44.0 Å². The molecule has 1 aliphatic rings. The van der Waals surface area contributed by atoms with Gasteiger partial charge in [-0.3, -0.25) is 4.79 Å². The van der Waals surface area contributed by atoms with E-state index < -0.39 is 0 Å². The molecular weight excluding hydrogens is 210 g/mol. The summed E-state index contributed by atoms with van der Waals surface area (Å²) in [6.07, 6.45) is 2.23. The highest BCUT2D eigenvalue weighted by atomic mass is 16.2. The Morgan fingerprint density at radius 3 is 2.53 bits per heavy atom. The van der Waals surface area contributed by atoms with Gasteiger partial charge in [-0.15, -0.1) is 0 Å². The van der Waals surface area contributed by atoms with Crippen molar-refractivity contribution in [3.8, 4) is 0 Å². The second kappa shape index (κ2) is 4.52. The number of hydrogen-bond acceptors (Lipinski definition) is 1. The van der Waals surface area contributed by atoms with Gasteiger partial charge in [0.1, 0.15) is 0 Å². The molecule has 1 saturated heterocycles. The Balaban J connectivity index is 2.26. The molecule has 1 unspecified atom stereocenters. The molecule has 0 N–H and O–H groups in total. The number of rotatable bonds is 2. The van der Waals surface area contributed by atoms with Gasteiger partial charge in [0.15, 0.2) is 0 Å². The van der Waals surface area contributed by atoms with Gasteiger partial charge in [0.2, 0.25) is 0 Å². The van der Waals surface area contributed by atoms with Gasteiger partial charge in [0.05, 0.1) is 0 Å². The molecule has 0 spiro atoms. The summed E-state index contributed by atoms with van der Waals surface area (Å²) in [5.74, 6) is 0.678. The van der Waals surface area contributed by atoms with Crippen molar-refractivity contribution in [1.29, 1.82) is 0 Å².